The summed E-state index contributed by atoms with van der Waals surface area (Å²) in [5.74, 6) is 0.591. The molecule has 164 valence electrons. The fourth-order valence-corrected chi connectivity index (χ4v) is 3.43. The summed E-state index contributed by atoms with van der Waals surface area (Å²) in [6, 6.07) is 5.46. The van der Waals surface area contributed by atoms with Gasteiger partial charge >= 0.3 is 0 Å². The minimum Gasteiger partial charge on any atom is -0.496 e. The molecule has 0 radical (unpaired) electrons. The average molecular weight is 427 g/mol. The lowest BCUT2D eigenvalue weighted by molar-refractivity contribution is -0.576. The van der Waals surface area contributed by atoms with E-state index in [9.17, 15) is 4.79 Å². The molecule has 11 nitrogen and oxygen atoms in total. The van der Waals surface area contributed by atoms with Crippen molar-refractivity contribution in [3.63, 3.8) is 0 Å². The van der Waals surface area contributed by atoms with E-state index in [0.29, 0.717) is 17.4 Å². The second kappa shape index (κ2) is 10.5. The lowest BCUT2D eigenvalue weighted by atomic mass is 9.91. The maximum Gasteiger partial charge on any atom is 0.254 e. The van der Waals surface area contributed by atoms with Gasteiger partial charge in [-0.05, 0) is 12.8 Å². The van der Waals surface area contributed by atoms with Gasteiger partial charge in [-0.1, -0.05) is 17.9 Å². The van der Waals surface area contributed by atoms with E-state index in [-0.39, 0.29) is 23.5 Å². The van der Waals surface area contributed by atoms with Crippen LogP contribution in [-0.4, -0.2) is 47.5 Å². The van der Waals surface area contributed by atoms with Crippen LogP contribution >= 0.6 is 0 Å². The second-order valence-electron chi connectivity index (χ2n) is 7.23. The first-order valence-corrected chi connectivity index (χ1v) is 10.0. The maximum absolute atomic E-state index is 11.9. The van der Waals surface area contributed by atoms with E-state index in [4.69, 9.17) is 21.6 Å². The number of aromatic nitrogens is 2. The Kier molecular flexibility index (Phi) is 7.46. The number of rotatable bonds is 9. The molecule has 0 spiro atoms. The molecule has 1 aromatic carbocycles. The van der Waals surface area contributed by atoms with Crippen LogP contribution in [0.3, 0.4) is 0 Å². The Balaban J connectivity index is 1.88. The van der Waals surface area contributed by atoms with Gasteiger partial charge in [0.25, 0.3) is 5.91 Å². The van der Waals surface area contributed by atoms with Gasteiger partial charge in [0.15, 0.2) is 5.69 Å². The Labute approximate surface area is 180 Å². The highest BCUT2D eigenvalue weighted by Gasteiger charge is 2.23. The molecule has 1 fully saturated rings. The Morgan fingerprint density at radius 1 is 1.35 bits per heavy atom. The van der Waals surface area contributed by atoms with Crippen LogP contribution in [0.4, 0.5) is 23.1 Å². The first-order chi connectivity index (χ1) is 15.0. The smallest absolute Gasteiger partial charge is 0.254 e. The number of nitrogens with one attached hydrogen (secondary N) is 3. The predicted octanol–water partition coefficient (Wildman–Crippen LogP) is 0.840. The Morgan fingerprint density at radius 3 is 2.87 bits per heavy atom. The highest BCUT2D eigenvalue weighted by Crippen LogP contribution is 2.27. The summed E-state index contributed by atoms with van der Waals surface area (Å²) in [6.07, 6.45) is 7.95. The third kappa shape index (κ3) is 5.96. The molecule has 1 saturated carbocycles. The van der Waals surface area contributed by atoms with E-state index in [1.807, 2.05) is 0 Å². The summed E-state index contributed by atoms with van der Waals surface area (Å²) in [6.45, 7) is 0. The van der Waals surface area contributed by atoms with Crippen LogP contribution in [0.25, 0.3) is 0 Å². The molecule has 0 saturated heterocycles. The molecule has 1 aromatic heterocycles. The van der Waals surface area contributed by atoms with Crippen LogP contribution in [-0.2, 0) is 0 Å². The number of carbonyl (C=O) groups excluding carboxylic acids is 1. The molecule has 1 amide bonds. The molecule has 1 aliphatic rings. The van der Waals surface area contributed by atoms with Crippen molar-refractivity contribution in [3.05, 3.63) is 30.0 Å². The summed E-state index contributed by atoms with van der Waals surface area (Å²) in [5, 5.41) is 17.4. The summed E-state index contributed by atoms with van der Waals surface area (Å²) in [7, 11) is 1.55. The topological polar surface area (TPSA) is 181 Å². The molecule has 1 aliphatic carbocycles. The van der Waals surface area contributed by atoms with Crippen molar-refractivity contribution in [2.45, 2.75) is 37.8 Å². The number of nitrogens with zero attached hydrogens (tertiary/aromatic N) is 3. The van der Waals surface area contributed by atoms with Gasteiger partial charge in [-0.2, -0.15) is 10.4 Å². The van der Waals surface area contributed by atoms with Crippen LogP contribution < -0.4 is 32.3 Å². The van der Waals surface area contributed by atoms with Crippen LogP contribution in [0, 0.1) is 5.41 Å². The van der Waals surface area contributed by atoms with Gasteiger partial charge in [-0.25, -0.2) is 4.98 Å². The largest absolute Gasteiger partial charge is 0.496 e. The molecule has 31 heavy (non-hydrogen) atoms. The number of benzene rings is 1. The molecule has 0 bridgehead atoms. The Bertz CT molecular complexity index is 964. The number of quaternary nitrogens is 1. The molecule has 2 atom stereocenters. The number of hydrogen-bond acceptors (Lipinski definition) is 9. The molecule has 3 rings (SSSR count). The summed E-state index contributed by atoms with van der Waals surface area (Å²) in [4.78, 5) is 20.6. The monoisotopic (exact) mass is 426 g/mol. The molecule has 0 unspecified atom stereocenters. The van der Waals surface area contributed by atoms with Crippen LogP contribution in [0.1, 0.15) is 36.0 Å². The average Bonchev–Trinajstić information content (AvgIpc) is 2.75. The van der Waals surface area contributed by atoms with Gasteiger partial charge in [-0.15, -0.1) is 0 Å². The van der Waals surface area contributed by atoms with E-state index in [0.717, 1.165) is 37.6 Å². The molecule has 11 heteroatoms. The number of carbonyl (C=O) groups is 1. The number of amides is 1. The molecule has 2 aromatic rings. The van der Waals surface area contributed by atoms with Crippen molar-refractivity contribution in [1.29, 1.82) is 5.41 Å². The predicted molar refractivity (Wildman–Crippen MR) is 120 cm³/mol. The maximum atomic E-state index is 11.9. The van der Waals surface area contributed by atoms with E-state index >= 15 is 0 Å². The quantitative estimate of drug-likeness (QED) is 0.149. The third-order valence-electron chi connectivity index (χ3n) is 5.00. The zero-order valence-electron chi connectivity index (χ0n) is 17.3. The zero-order chi connectivity index (χ0) is 22.2. The van der Waals surface area contributed by atoms with Crippen LogP contribution in [0.15, 0.2) is 29.5 Å². The molecular formula is C20H28N9O2+. The number of hydrogen-bond donors (Lipinski definition) is 6. The minimum absolute atomic E-state index is 0.0302. The first-order valence-electron chi connectivity index (χ1n) is 10.0. The SMILES string of the molecule is COc1cc(Nc2nc(N[C@@H]3CCCC[C@@H]3N)ncc2C(N)=O)cc([NH2+]/N=C\C=N)c1. The van der Waals surface area contributed by atoms with Crippen LogP contribution in [0.5, 0.6) is 5.75 Å². The Hall–Kier alpha value is -3.57. The lowest BCUT2D eigenvalue weighted by Crippen LogP contribution is -2.71. The van der Waals surface area contributed by atoms with Crippen LogP contribution in [0.2, 0.25) is 0 Å². The first kappa shape index (κ1) is 22.1. The number of primary amides is 1. The number of nitrogens with two attached hydrogens (primary N) is 3. The van der Waals surface area contributed by atoms with Gasteiger partial charge in [0, 0.05) is 48.4 Å². The molecule has 1 heterocycles. The van der Waals surface area contributed by atoms with E-state index in [2.05, 4.69) is 25.7 Å². The van der Waals surface area contributed by atoms with Crippen molar-refractivity contribution in [3.8, 4) is 5.75 Å². The fourth-order valence-electron chi connectivity index (χ4n) is 3.43. The van der Waals surface area contributed by atoms with Crippen molar-refractivity contribution in [1.82, 2.24) is 9.97 Å². The van der Waals surface area contributed by atoms with Crippen molar-refractivity contribution < 1.29 is 15.0 Å². The number of anilines is 3. The van der Waals surface area contributed by atoms with Gasteiger partial charge in [0.2, 0.25) is 5.95 Å². The van der Waals surface area contributed by atoms with Crippen molar-refractivity contribution >= 4 is 41.5 Å². The molecular weight excluding hydrogens is 398 g/mol. The summed E-state index contributed by atoms with van der Waals surface area (Å²) < 4.78 is 5.35. The lowest BCUT2D eigenvalue weighted by Gasteiger charge is -2.29. The van der Waals surface area contributed by atoms with Gasteiger partial charge < -0.3 is 32.2 Å². The van der Waals surface area contributed by atoms with E-state index in [1.165, 1.54) is 12.4 Å². The minimum atomic E-state index is -0.645. The van der Waals surface area contributed by atoms with Gasteiger partial charge in [-0.3, -0.25) is 4.79 Å². The van der Waals surface area contributed by atoms with E-state index in [1.54, 1.807) is 30.7 Å². The van der Waals surface area contributed by atoms with Gasteiger partial charge in [0.05, 0.1) is 7.11 Å². The zero-order valence-corrected chi connectivity index (χ0v) is 17.3. The van der Waals surface area contributed by atoms with Crippen molar-refractivity contribution in [2.24, 2.45) is 16.6 Å². The third-order valence-corrected chi connectivity index (χ3v) is 5.00. The fraction of sp³-hybridized carbons (Fsp3) is 0.350. The molecule has 0 aliphatic heterocycles. The van der Waals surface area contributed by atoms with Crippen molar-refractivity contribution in [2.75, 3.05) is 17.7 Å². The normalized spacial score (nSPS) is 18.5. The Morgan fingerprint density at radius 2 is 2.16 bits per heavy atom. The highest BCUT2D eigenvalue weighted by atomic mass is 16.5. The highest BCUT2D eigenvalue weighted by molar-refractivity contribution is 6.14. The molecule has 9 N–H and O–H groups in total. The second-order valence-corrected chi connectivity index (χ2v) is 7.23. The summed E-state index contributed by atoms with van der Waals surface area (Å²) >= 11 is 0. The number of methoxy groups -OCH3 is 1. The number of ether oxygens (including phenoxy) is 1. The standard InChI is InChI=1S/C20H27N9O2/c1-31-14-9-12(8-13(10-14)29-25-7-6-21)26-19-15(18(23)30)11-24-20(28-19)27-17-5-3-2-4-16(17)22/h6-11,16-17,21,29H,2-5,22H2,1H3,(H2,23,30)(H2,24,26,27,28)/p+1/b21-6?,25-7-/t16-,17+/m0/s1. The van der Waals surface area contributed by atoms with E-state index < -0.39 is 5.91 Å². The summed E-state index contributed by atoms with van der Waals surface area (Å²) in [5.41, 5.74) is 14.8. The van der Waals surface area contributed by atoms with Gasteiger partial charge in [0.1, 0.15) is 23.3 Å².